The summed E-state index contributed by atoms with van der Waals surface area (Å²) in [5.41, 5.74) is 1.88. The standard InChI is InChI=1S/C21H24N2O4/c1-13(14-3-5-15(27-2)6-4-14)11-22-12-19(25)16-7-9-18(24)21-17(16)8-10-20(26)23-21/h3-10,13,19,22,24-25H,11-12H2,1-2H3,(H,23,26)/t13?,19-/m0/s1. The molecule has 0 aliphatic rings. The molecule has 2 atom stereocenters. The van der Waals surface area contributed by atoms with E-state index < -0.39 is 6.10 Å². The van der Waals surface area contributed by atoms with Gasteiger partial charge in [-0.2, -0.15) is 0 Å². The number of H-pyrrole nitrogens is 1. The number of ether oxygens (including phenoxy) is 1. The molecule has 27 heavy (non-hydrogen) atoms. The van der Waals surface area contributed by atoms with Crippen molar-refractivity contribution in [3.8, 4) is 11.5 Å². The number of hydrogen-bond acceptors (Lipinski definition) is 5. The van der Waals surface area contributed by atoms with E-state index in [0.29, 0.717) is 29.6 Å². The number of pyridine rings is 1. The molecule has 3 rings (SSSR count). The van der Waals surface area contributed by atoms with Gasteiger partial charge >= 0.3 is 0 Å². The van der Waals surface area contributed by atoms with E-state index in [2.05, 4.69) is 17.2 Å². The van der Waals surface area contributed by atoms with E-state index in [4.69, 9.17) is 4.74 Å². The zero-order valence-electron chi connectivity index (χ0n) is 15.4. The number of benzene rings is 2. The van der Waals surface area contributed by atoms with E-state index >= 15 is 0 Å². The lowest BCUT2D eigenvalue weighted by molar-refractivity contribution is 0.176. The van der Waals surface area contributed by atoms with Crippen LogP contribution >= 0.6 is 0 Å². The average Bonchev–Trinajstić information content (AvgIpc) is 2.68. The van der Waals surface area contributed by atoms with Gasteiger partial charge in [0.2, 0.25) is 5.56 Å². The molecule has 0 bridgehead atoms. The first kappa shape index (κ1) is 18.9. The van der Waals surface area contributed by atoms with Crippen molar-refractivity contribution in [2.45, 2.75) is 18.9 Å². The third-order valence-corrected chi connectivity index (χ3v) is 4.74. The summed E-state index contributed by atoms with van der Waals surface area (Å²) in [6, 6.07) is 14.1. The minimum absolute atomic E-state index is 0.0141. The van der Waals surface area contributed by atoms with Crippen LogP contribution in [0.15, 0.2) is 53.3 Å². The predicted molar refractivity (Wildman–Crippen MR) is 105 cm³/mol. The number of phenols is 1. The van der Waals surface area contributed by atoms with Crippen LogP contribution < -0.4 is 15.6 Å². The quantitative estimate of drug-likeness (QED) is 0.514. The molecule has 6 heteroatoms. The molecule has 0 amide bonds. The van der Waals surface area contributed by atoms with Crippen LogP contribution in [0.2, 0.25) is 0 Å². The summed E-state index contributed by atoms with van der Waals surface area (Å²) in [6.07, 6.45) is -0.762. The number of methoxy groups -OCH3 is 1. The van der Waals surface area contributed by atoms with Crippen molar-refractivity contribution >= 4 is 10.9 Å². The highest BCUT2D eigenvalue weighted by atomic mass is 16.5. The lowest BCUT2D eigenvalue weighted by Gasteiger charge is -2.18. The fraction of sp³-hybridized carbons (Fsp3) is 0.286. The van der Waals surface area contributed by atoms with Crippen molar-refractivity contribution in [2.75, 3.05) is 20.2 Å². The summed E-state index contributed by atoms with van der Waals surface area (Å²) < 4.78 is 5.17. The fourth-order valence-electron chi connectivity index (χ4n) is 3.15. The van der Waals surface area contributed by atoms with Crippen LogP contribution in [-0.4, -0.2) is 35.4 Å². The molecular formula is C21H24N2O4. The highest BCUT2D eigenvalue weighted by Crippen LogP contribution is 2.28. The van der Waals surface area contributed by atoms with E-state index in [9.17, 15) is 15.0 Å². The Labute approximate surface area is 157 Å². The van der Waals surface area contributed by atoms with Crippen LogP contribution in [0.3, 0.4) is 0 Å². The molecular weight excluding hydrogens is 344 g/mol. The van der Waals surface area contributed by atoms with Crippen LogP contribution in [0.5, 0.6) is 11.5 Å². The number of aliphatic hydroxyl groups is 1. The predicted octanol–water partition coefficient (Wildman–Crippen LogP) is 2.67. The van der Waals surface area contributed by atoms with Crippen LogP contribution in [0, 0.1) is 0 Å². The maximum atomic E-state index is 11.5. The third kappa shape index (κ3) is 4.30. The van der Waals surface area contributed by atoms with Crippen molar-refractivity contribution < 1.29 is 14.9 Å². The summed E-state index contributed by atoms with van der Waals surface area (Å²) in [5, 5.41) is 24.4. The number of aromatic amines is 1. The van der Waals surface area contributed by atoms with Gasteiger partial charge < -0.3 is 25.3 Å². The molecule has 2 aromatic carbocycles. The van der Waals surface area contributed by atoms with Gasteiger partial charge in [0.15, 0.2) is 0 Å². The van der Waals surface area contributed by atoms with Crippen molar-refractivity contribution in [2.24, 2.45) is 0 Å². The molecule has 0 saturated heterocycles. The van der Waals surface area contributed by atoms with Crippen LogP contribution in [0.1, 0.15) is 30.1 Å². The summed E-state index contributed by atoms with van der Waals surface area (Å²) in [4.78, 5) is 14.1. The van der Waals surface area contributed by atoms with E-state index in [1.54, 1.807) is 19.2 Å². The van der Waals surface area contributed by atoms with Crippen molar-refractivity contribution in [3.63, 3.8) is 0 Å². The molecule has 0 fully saturated rings. The molecule has 1 heterocycles. The van der Waals surface area contributed by atoms with Crippen molar-refractivity contribution in [1.29, 1.82) is 0 Å². The molecule has 0 aliphatic heterocycles. The van der Waals surface area contributed by atoms with Gasteiger partial charge in [-0.05, 0) is 41.3 Å². The number of aromatic nitrogens is 1. The molecule has 0 aliphatic carbocycles. The molecule has 4 N–H and O–H groups in total. The summed E-state index contributed by atoms with van der Waals surface area (Å²) in [5.74, 6) is 1.09. The number of phenolic OH excluding ortho intramolecular Hbond substituents is 1. The van der Waals surface area contributed by atoms with Gasteiger partial charge in [0, 0.05) is 24.5 Å². The third-order valence-electron chi connectivity index (χ3n) is 4.74. The van der Waals surface area contributed by atoms with Crippen LogP contribution in [-0.2, 0) is 0 Å². The fourth-order valence-corrected chi connectivity index (χ4v) is 3.15. The van der Waals surface area contributed by atoms with Gasteiger partial charge in [0.1, 0.15) is 11.5 Å². The van der Waals surface area contributed by atoms with Crippen LogP contribution in [0.25, 0.3) is 10.9 Å². The van der Waals surface area contributed by atoms with Gasteiger partial charge in [-0.3, -0.25) is 4.79 Å². The maximum absolute atomic E-state index is 11.5. The summed E-state index contributed by atoms with van der Waals surface area (Å²) >= 11 is 0. The molecule has 6 nitrogen and oxygen atoms in total. The highest BCUT2D eigenvalue weighted by Gasteiger charge is 2.14. The van der Waals surface area contributed by atoms with Gasteiger partial charge in [-0.25, -0.2) is 0 Å². The molecule has 1 unspecified atom stereocenters. The number of aromatic hydroxyl groups is 1. The Bertz CT molecular complexity index is 966. The Morgan fingerprint density at radius 2 is 1.81 bits per heavy atom. The monoisotopic (exact) mass is 368 g/mol. The number of fused-ring (bicyclic) bond motifs is 1. The zero-order chi connectivity index (χ0) is 19.4. The number of nitrogens with one attached hydrogen (secondary N) is 2. The first-order valence-electron chi connectivity index (χ1n) is 8.87. The molecule has 1 aromatic heterocycles. The van der Waals surface area contributed by atoms with E-state index in [-0.39, 0.29) is 17.2 Å². The minimum atomic E-state index is -0.762. The van der Waals surface area contributed by atoms with Crippen molar-refractivity contribution in [1.82, 2.24) is 10.3 Å². The highest BCUT2D eigenvalue weighted by molar-refractivity contribution is 5.87. The first-order chi connectivity index (χ1) is 13.0. The molecule has 3 aromatic rings. The molecule has 0 saturated carbocycles. The Morgan fingerprint density at radius 3 is 2.52 bits per heavy atom. The van der Waals surface area contributed by atoms with Gasteiger partial charge in [0.25, 0.3) is 0 Å². The second-order valence-electron chi connectivity index (χ2n) is 6.63. The van der Waals surface area contributed by atoms with Gasteiger partial charge in [-0.1, -0.05) is 25.1 Å². The number of rotatable bonds is 7. The van der Waals surface area contributed by atoms with Crippen molar-refractivity contribution in [3.05, 3.63) is 70.0 Å². The Balaban J connectivity index is 1.65. The number of aliphatic hydroxyl groups excluding tert-OH is 1. The van der Waals surface area contributed by atoms with E-state index in [0.717, 1.165) is 5.75 Å². The SMILES string of the molecule is COc1ccc(C(C)CNC[C@H](O)c2ccc(O)c3[nH]c(=O)ccc23)cc1. The Kier molecular flexibility index (Phi) is 5.78. The molecule has 0 spiro atoms. The second-order valence-corrected chi connectivity index (χ2v) is 6.63. The molecule has 0 radical (unpaired) electrons. The number of hydrogen-bond donors (Lipinski definition) is 4. The smallest absolute Gasteiger partial charge is 0.248 e. The van der Waals surface area contributed by atoms with E-state index in [1.165, 1.54) is 17.7 Å². The summed E-state index contributed by atoms with van der Waals surface area (Å²) in [7, 11) is 1.64. The second kappa shape index (κ2) is 8.24. The topological polar surface area (TPSA) is 94.6 Å². The average molecular weight is 368 g/mol. The summed E-state index contributed by atoms with van der Waals surface area (Å²) in [6.45, 7) is 3.18. The van der Waals surface area contributed by atoms with E-state index in [1.807, 2.05) is 24.3 Å². The Hall–Kier alpha value is -2.83. The normalized spacial score (nSPS) is 13.4. The molecule has 142 valence electrons. The van der Waals surface area contributed by atoms with Gasteiger partial charge in [-0.15, -0.1) is 0 Å². The maximum Gasteiger partial charge on any atom is 0.248 e. The largest absolute Gasteiger partial charge is 0.506 e. The minimum Gasteiger partial charge on any atom is -0.506 e. The zero-order valence-corrected chi connectivity index (χ0v) is 15.4. The first-order valence-corrected chi connectivity index (χ1v) is 8.87. The lowest BCUT2D eigenvalue weighted by Crippen LogP contribution is -2.25. The lowest BCUT2D eigenvalue weighted by atomic mass is 10.00. The van der Waals surface area contributed by atoms with Crippen LogP contribution in [0.4, 0.5) is 0 Å². The van der Waals surface area contributed by atoms with Gasteiger partial charge in [0.05, 0.1) is 18.7 Å². The Morgan fingerprint density at radius 1 is 1.07 bits per heavy atom.